The normalized spacial score (nSPS) is 17.6. The van der Waals surface area contributed by atoms with Crippen LogP contribution < -0.4 is 0 Å². The second kappa shape index (κ2) is 5.56. The van der Waals surface area contributed by atoms with E-state index in [4.69, 9.17) is 4.43 Å². The van der Waals surface area contributed by atoms with Gasteiger partial charge in [-0.15, -0.1) is 0 Å². The van der Waals surface area contributed by atoms with Gasteiger partial charge in [-0.25, -0.2) is 8.78 Å². The number of hydrogen-bond donors (Lipinski definition) is 1. The molecular formula is C11H24F2O2Si. The monoisotopic (exact) mass is 254 g/mol. The number of hydrogen-bond acceptors (Lipinski definition) is 2. The second-order valence-electron chi connectivity index (χ2n) is 5.87. The first-order valence-electron chi connectivity index (χ1n) is 5.59. The Kier molecular flexibility index (Phi) is 5.55. The molecule has 0 aliphatic heterocycles. The molecule has 0 amide bonds. The van der Waals surface area contributed by atoms with Crippen molar-refractivity contribution >= 4 is 8.32 Å². The molecule has 0 rings (SSSR count). The van der Waals surface area contributed by atoms with E-state index in [-0.39, 0.29) is 11.6 Å². The summed E-state index contributed by atoms with van der Waals surface area (Å²) in [4.78, 5) is 0. The van der Waals surface area contributed by atoms with Gasteiger partial charge in [0.2, 0.25) is 0 Å². The molecule has 5 heteroatoms. The minimum Gasteiger partial charge on any atom is -0.416 e. The first-order valence-corrected chi connectivity index (χ1v) is 8.50. The van der Waals surface area contributed by atoms with E-state index in [1.807, 2.05) is 0 Å². The van der Waals surface area contributed by atoms with Crippen LogP contribution in [-0.2, 0) is 4.43 Å². The quantitative estimate of drug-likeness (QED) is 0.763. The van der Waals surface area contributed by atoms with Crippen LogP contribution in [0.25, 0.3) is 0 Å². The van der Waals surface area contributed by atoms with Crippen LogP contribution in [0.1, 0.15) is 27.7 Å². The van der Waals surface area contributed by atoms with Gasteiger partial charge >= 0.3 is 0 Å². The zero-order valence-corrected chi connectivity index (χ0v) is 12.1. The summed E-state index contributed by atoms with van der Waals surface area (Å²) in [7, 11) is -1.90. The summed E-state index contributed by atoms with van der Waals surface area (Å²) in [5, 5.41) is 9.24. The van der Waals surface area contributed by atoms with E-state index in [1.54, 1.807) is 6.92 Å². The lowest BCUT2D eigenvalue weighted by atomic mass is 10.1. The van der Waals surface area contributed by atoms with E-state index >= 15 is 0 Å². The van der Waals surface area contributed by atoms with Crippen molar-refractivity contribution < 1.29 is 18.3 Å². The van der Waals surface area contributed by atoms with E-state index in [0.29, 0.717) is 0 Å². The average molecular weight is 254 g/mol. The van der Waals surface area contributed by atoms with Crippen LogP contribution in [0, 0.1) is 5.92 Å². The molecule has 2 atom stereocenters. The van der Waals surface area contributed by atoms with Gasteiger partial charge in [0.15, 0.2) is 8.32 Å². The van der Waals surface area contributed by atoms with Crippen molar-refractivity contribution in [2.75, 3.05) is 6.61 Å². The number of aliphatic hydroxyl groups is 1. The van der Waals surface area contributed by atoms with Crippen molar-refractivity contribution in [1.82, 2.24) is 0 Å². The Hall–Kier alpha value is -0.00312. The average Bonchev–Trinajstić information content (AvgIpc) is 2.11. The largest absolute Gasteiger partial charge is 0.416 e. The fourth-order valence-corrected chi connectivity index (χ4v) is 2.02. The van der Waals surface area contributed by atoms with Crippen molar-refractivity contribution in [3.05, 3.63) is 0 Å². The lowest BCUT2D eigenvalue weighted by molar-refractivity contribution is -0.0450. The minimum absolute atomic E-state index is 0.0580. The Morgan fingerprint density at radius 2 is 1.69 bits per heavy atom. The molecule has 0 fully saturated rings. The van der Waals surface area contributed by atoms with Crippen molar-refractivity contribution in [2.24, 2.45) is 5.92 Å². The molecule has 0 bridgehead atoms. The maximum atomic E-state index is 12.2. The number of aliphatic hydroxyl groups excluding tert-OH is 1. The summed E-state index contributed by atoms with van der Waals surface area (Å²) in [5.74, 6) is -0.533. The van der Waals surface area contributed by atoms with Crippen LogP contribution in [-0.4, -0.2) is 32.6 Å². The van der Waals surface area contributed by atoms with E-state index in [0.717, 1.165) is 0 Å². The second-order valence-corrected chi connectivity index (χ2v) is 10.7. The fraction of sp³-hybridized carbons (Fsp3) is 1.00. The molecule has 2 nitrogen and oxygen atoms in total. The van der Waals surface area contributed by atoms with Gasteiger partial charge in [-0.1, -0.05) is 27.7 Å². The van der Waals surface area contributed by atoms with Gasteiger partial charge in [0.25, 0.3) is 6.43 Å². The molecular weight excluding hydrogens is 230 g/mol. The van der Waals surface area contributed by atoms with Crippen LogP contribution in [0.15, 0.2) is 0 Å². The fourth-order valence-electron chi connectivity index (χ4n) is 0.903. The molecule has 0 aromatic heterocycles. The van der Waals surface area contributed by atoms with Gasteiger partial charge in [0.05, 0.1) is 0 Å². The van der Waals surface area contributed by atoms with Gasteiger partial charge in [-0.2, -0.15) is 0 Å². The third-order valence-corrected chi connectivity index (χ3v) is 7.86. The highest BCUT2D eigenvalue weighted by Gasteiger charge is 2.38. The van der Waals surface area contributed by atoms with Crippen LogP contribution in [0.2, 0.25) is 18.1 Å². The van der Waals surface area contributed by atoms with Gasteiger partial charge < -0.3 is 9.53 Å². The van der Waals surface area contributed by atoms with Crippen LogP contribution in [0.4, 0.5) is 8.78 Å². The Balaban J connectivity index is 4.25. The molecule has 0 saturated carbocycles. The van der Waals surface area contributed by atoms with Gasteiger partial charge in [-0.3, -0.25) is 0 Å². The first kappa shape index (κ1) is 16.0. The lowest BCUT2D eigenvalue weighted by Crippen LogP contribution is -2.43. The highest BCUT2D eigenvalue weighted by Crippen LogP contribution is 2.36. The standard InChI is InChI=1S/C11H24F2O2Si/c1-8(9(14)10(12)13)7-15-16(5,6)11(2,3)4/h8-10,14H,7H2,1-6H3/t8?,9-/m1/s1. The van der Waals surface area contributed by atoms with E-state index < -0.39 is 26.8 Å². The summed E-state index contributed by atoms with van der Waals surface area (Å²) in [5.41, 5.74) is 0. The summed E-state index contributed by atoms with van der Waals surface area (Å²) in [6.45, 7) is 12.2. The molecule has 16 heavy (non-hydrogen) atoms. The zero-order valence-electron chi connectivity index (χ0n) is 11.1. The van der Waals surface area contributed by atoms with Crippen LogP contribution in [0.3, 0.4) is 0 Å². The molecule has 0 aromatic carbocycles. The summed E-state index contributed by atoms with van der Waals surface area (Å²) in [6, 6.07) is 0. The Bertz CT molecular complexity index is 215. The molecule has 0 aliphatic carbocycles. The predicted molar refractivity (Wildman–Crippen MR) is 64.3 cm³/mol. The Labute approximate surface area is 98.1 Å². The number of alkyl halides is 2. The molecule has 0 aliphatic rings. The summed E-state index contributed by atoms with van der Waals surface area (Å²) >= 11 is 0. The molecule has 1 N–H and O–H groups in total. The maximum Gasteiger partial charge on any atom is 0.264 e. The van der Waals surface area contributed by atoms with Gasteiger partial charge in [0.1, 0.15) is 6.10 Å². The topological polar surface area (TPSA) is 29.5 Å². The molecule has 0 radical (unpaired) electrons. The van der Waals surface area contributed by atoms with Crippen molar-refractivity contribution in [3.63, 3.8) is 0 Å². The van der Waals surface area contributed by atoms with Crippen LogP contribution in [0.5, 0.6) is 0 Å². The smallest absolute Gasteiger partial charge is 0.264 e. The predicted octanol–water partition coefficient (Wildman–Crippen LogP) is 3.27. The van der Waals surface area contributed by atoms with Gasteiger partial charge in [-0.05, 0) is 18.1 Å². The summed E-state index contributed by atoms with van der Waals surface area (Å²) in [6.07, 6.45) is -4.29. The molecule has 0 spiro atoms. The van der Waals surface area contributed by atoms with Crippen molar-refractivity contribution in [3.8, 4) is 0 Å². The van der Waals surface area contributed by atoms with Crippen molar-refractivity contribution in [1.29, 1.82) is 0 Å². The molecule has 0 heterocycles. The highest BCUT2D eigenvalue weighted by atomic mass is 28.4. The van der Waals surface area contributed by atoms with E-state index in [1.165, 1.54) is 0 Å². The third kappa shape index (κ3) is 4.47. The van der Waals surface area contributed by atoms with Crippen LogP contribution >= 0.6 is 0 Å². The number of rotatable bonds is 5. The molecule has 0 saturated heterocycles. The van der Waals surface area contributed by atoms with Gasteiger partial charge in [0, 0.05) is 12.5 Å². The molecule has 0 aromatic rings. The Morgan fingerprint density at radius 3 is 2.00 bits per heavy atom. The lowest BCUT2D eigenvalue weighted by Gasteiger charge is -2.37. The summed E-state index contributed by atoms with van der Waals surface area (Å²) < 4.78 is 30.2. The number of halogens is 2. The highest BCUT2D eigenvalue weighted by molar-refractivity contribution is 6.74. The minimum atomic E-state index is -2.70. The SMILES string of the molecule is CC(CO[Si](C)(C)C(C)(C)C)[C@@H](O)C(F)F. The first-order chi connectivity index (χ1) is 6.99. The zero-order chi connectivity index (χ0) is 13.1. The molecule has 98 valence electrons. The van der Waals surface area contributed by atoms with E-state index in [2.05, 4.69) is 33.9 Å². The maximum absolute atomic E-state index is 12.2. The molecule has 1 unspecified atom stereocenters. The third-order valence-electron chi connectivity index (χ3n) is 3.35. The van der Waals surface area contributed by atoms with Crippen molar-refractivity contribution in [2.45, 2.75) is 58.4 Å². The van der Waals surface area contributed by atoms with E-state index in [9.17, 15) is 13.9 Å². The Morgan fingerprint density at radius 1 is 1.25 bits per heavy atom.